The van der Waals surface area contributed by atoms with Crippen LogP contribution in [0.15, 0.2) is 16.9 Å². The number of halogens is 1. The number of carbonyl (C=O) groups is 1. The lowest BCUT2D eigenvalue weighted by Crippen LogP contribution is -2.27. The van der Waals surface area contributed by atoms with E-state index in [4.69, 9.17) is 9.47 Å². The molecule has 110 valence electrons. The monoisotopic (exact) mass is 342 g/mol. The summed E-state index contributed by atoms with van der Waals surface area (Å²) in [5.74, 6) is 1.19. The summed E-state index contributed by atoms with van der Waals surface area (Å²) in [7, 11) is 0. The Bertz CT molecular complexity index is 496. The first kappa shape index (κ1) is 15.1. The molecule has 1 amide bonds. The number of nitrogens with zero attached hydrogens (tertiary/aromatic N) is 1. The average molecular weight is 343 g/mol. The molecule has 0 radical (unpaired) electrons. The predicted octanol–water partition coefficient (Wildman–Crippen LogP) is 3.98. The fraction of sp³-hybridized carbons (Fsp3) is 0.571. The van der Waals surface area contributed by atoms with Gasteiger partial charge in [0.25, 0.3) is 0 Å². The maximum Gasteiger partial charge on any atom is 0.412 e. The highest BCUT2D eigenvalue weighted by molar-refractivity contribution is 9.10. The maximum atomic E-state index is 11.8. The molecule has 0 bridgehead atoms. The van der Waals surface area contributed by atoms with Gasteiger partial charge in [-0.1, -0.05) is 0 Å². The van der Waals surface area contributed by atoms with Gasteiger partial charge in [0, 0.05) is 0 Å². The zero-order chi connectivity index (χ0) is 14.8. The molecule has 1 heterocycles. The van der Waals surface area contributed by atoms with Crippen molar-refractivity contribution in [2.75, 3.05) is 11.9 Å². The fourth-order valence-electron chi connectivity index (χ4n) is 1.54. The smallest absolute Gasteiger partial charge is 0.412 e. The second-order valence-corrected chi connectivity index (χ2v) is 6.70. The second-order valence-electron chi connectivity index (χ2n) is 5.88. The van der Waals surface area contributed by atoms with Crippen molar-refractivity contribution in [3.8, 4) is 5.75 Å². The number of rotatable bonds is 4. The van der Waals surface area contributed by atoms with Crippen LogP contribution in [0.25, 0.3) is 0 Å². The molecule has 1 aliphatic rings. The van der Waals surface area contributed by atoms with Crippen molar-refractivity contribution in [1.29, 1.82) is 0 Å². The van der Waals surface area contributed by atoms with Crippen molar-refractivity contribution in [3.05, 3.63) is 16.9 Å². The van der Waals surface area contributed by atoms with Gasteiger partial charge in [-0.25, -0.2) is 9.78 Å². The van der Waals surface area contributed by atoms with E-state index in [1.807, 2.05) is 20.8 Å². The number of pyridine rings is 1. The van der Waals surface area contributed by atoms with E-state index in [0.717, 1.165) is 0 Å². The third-order valence-electron chi connectivity index (χ3n) is 2.64. The van der Waals surface area contributed by atoms with Crippen LogP contribution < -0.4 is 10.1 Å². The van der Waals surface area contributed by atoms with Crippen molar-refractivity contribution in [2.24, 2.45) is 5.92 Å². The van der Waals surface area contributed by atoms with E-state index >= 15 is 0 Å². The molecule has 1 N–H and O–H groups in total. The Morgan fingerprint density at radius 1 is 1.50 bits per heavy atom. The topological polar surface area (TPSA) is 60.5 Å². The highest BCUT2D eigenvalue weighted by Gasteiger charge is 2.23. The van der Waals surface area contributed by atoms with Crippen LogP contribution in [0.1, 0.15) is 33.6 Å². The van der Waals surface area contributed by atoms with Gasteiger partial charge in [-0.2, -0.15) is 0 Å². The van der Waals surface area contributed by atoms with Crippen LogP contribution in [-0.4, -0.2) is 23.3 Å². The van der Waals surface area contributed by atoms with Crippen LogP contribution >= 0.6 is 15.9 Å². The first-order valence-corrected chi connectivity index (χ1v) is 7.41. The summed E-state index contributed by atoms with van der Waals surface area (Å²) in [6.07, 6.45) is 3.50. The lowest BCUT2D eigenvalue weighted by molar-refractivity contribution is 0.0635. The van der Waals surface area contributed by atoms with Gasteiger partial charge in [0.15, 0.2) is 5.75 Å². The summed E-state index contributed by atoms with van der Waals surface area (Å²) < 4.78 is 11.6. The van der Waals surface area contributed by atoms with Crippen LogP contribution in [0.2, 0.25) is 0 Å². The molecule has 1 aromatic heterocycles. The number of carbonyl (C=O) groups excluding carboxylic acids is 1. The molecule has 0 aromatic carbocycles. The molecular formula is C14H19BrN2O3. The van der Waals surface area contributed by atoms with Gasteiger partial charge in [-0.05, 0) is 61.5 Å². The molecule has 0 spiro atoms. The van der Waals surface area contributed by atoms with Crippen LogP contribution in [0.5, 0.6) is 5.75 Å². The number of amides is 1. The summed E-state index contributed by atoms with van der Waals surface area (Å²) in [6, 6.07) is 1.70. The van der Waals surface area contributed by atoms with Crippen LogP contribution in [0.3, 0.4) is 0 Å². The SMILES string of the molecule is CC(C)(C)OC(=O)Nc1cc(Br)ncc1OCC1CC1. The Labute approximate surface area is 127 Å². The first-order chi connectivity index (χ1) is 9.33. The summed E-state index contributed by atoms with van der Waals surface area (Å²) in [6.45, 7) is 6.12. The molecule has 1 aliphatic carbocycles. The number of hydrogen-bond acceptors (Lipinski definition) is 4. The molecule has 0 saturated heterocycles. The van der Waals surface area contributed by atoms with Gasteiger partial charge in [0.1, 0.15) is 10.2 Å². The van der Waals surface area contributed by atoms with Crippen LogP contribution in [0.4, 0.5) is 10.5 Å². The van der Waals surface area contributed by atoms with E-state index < -0.39 is 11.7 Å². The van der Waals surface area contributed by atoms with Gasteiger partial charge in [-0.15, -0.1) is 0 Å². The summed E-state index contributed by atoms with van der Waals surface area (Å²) in [5, 5.41) is 2.70. The number of nitrogens with one attached hydrogen (secondary N) is 1. The quantitative estimate of drug-likeness (QED) is 0.840. The zero-order valence-electron chi connectivity index (χ0n) is 11.9. The van der Waals surface area contributed by atoms with Gasteiger partial charge >= 0.3 is 6.09 Å². The third-order valence-corrected chi connectivity index (χ3v) is 3.07. The third kappa shape index (κ3) is 5.00. The summed E-state index contributed by atoms with van der Waals surface area (Å²) >= 11 is 3.28. The normalized spacial score (nSPS) is 14.8. The zero-order valence-corrected chi connectivity index (χ0v) is 13.5. The van der Waals surface area contributed by atoms with Crippen molar-refractivity contribution in [1.82, 2.24) is 4.98 Å². The average Bonchev–Trinajstić information content (AvgIpc) is 3.09. The summed E-state index contributed by atoms with van der Waals surface area (Å²) in [5.41, 5.74) is 0.0189. The Morgan fingerprint density at radius 2 is 2.20 bits per heavy atom. The minimum absolute atomic E-state index is 0.508. The summed E-state index contributed by atoms with van der Waals surface area (Å²) in [4.78, 5) is 15.9. The largest absolute Gasteiger partial charge is 0.489 e. The minimum atomic E-state index is -0.538. The Kier molecular flexibility index (Phi) is 4.52. The van der Waals surface area contributed by atoms with Crippen molar-refractivity contribution >= 4 is 27.7 Å². The molecule has 1 aromatic rings. The van der Waals surface area contributed by atoms with Gasteiger partial charge in [-0.3, -0.25) is 5.32 Å². The maximum absolute atomic E-state index is 11.8. The second kappa shape index (κ2) is 5.99. The van der Waals surface area contributed by atoms with Gasteiger partial charge in [0.2, 0.25) is 0 Å². The van der Waals surface area contributed by atoms with Crippen molar-refractivity contribution in [3.63, 3.8) is 0 Å². The van der Waals surface area contributed by atoms with Crippen LogP contribution in [0, 0.1) is 5.92 Å². The predicted molar refractivity (Wildman–Crippen MR) is 80.0 cm³/mol. The highest BCUT2D eigenvalue weighted by Crippen LogP contribution is 2.32. The Hall–Kier alpha value is -1.30. The van der Waals surface area contributed by atoms with E-state index in [-0.39, 0.29) is 0 Å². The molecule has 0 unspecified atom stereocenters. The molecule has 0 atom stereocenters. The fourth-order valence-corrected chi connectivity index (χ4v) is 1.87. The number of anilines is 1. The molecule has 6 heteroatoms. The van der Waals surface area contributed by atoms with E-state index in [9.17, 15) is 4.79 Å². The molecule has 1 saturated carbocycles. The highest BCUT2D eigenvalue weighted by atomic mass is 79.9. The Balaban J connectivity index is 2.03. The van der Waals surface area contributed by atoms with Crippen LogP contribution in [-0.2, 0) is 4.74 Å². The van der Waals surface area contributed by atoms with Crippen molar-refractivity contribution in [2.45, 2.75) is 39.2 Å². The van der Waals surface area contributed by atoms with Crippen molar-refractivity contribution < 1.29 is 14.3 Å². The molecule has 5 nitrogen and oxygen atoms in total. The number of hydrogen-bond donors (Lipinski definition) is 1. The first-order valence-electron chi connectivity index (χ1n) is 6.62. The Morgan fingerprint density at radius 3 is 2.80 bits per heavy atom. The number of aromatic nitrogens is 1. The lowest BCUT2D eigenvalue weighted by atomic mass is 10.2. The molecule has 20 heavy (non-hydrogen) atoms. The minimum Gasteiger partial charge on any atom is -0.489 e. The molecule has 0 aliphatic heterocycles. The molecule has 2 rings (SSSR count). The number of ether oxygens (including phenoxy) is 2. The van der Waals surface area contributed by atoms with E-state index in [2.05, 4.69) is 26.2 Å². The standard InChI is InChI=1S/C14H19BrN2O3/c1-14(2,3)20-13(18)17-10-6-12(15)16-7-11(10)19-8-9-4-5-9/h6-7,9H,4-5,8H2,1-3H3,(H,16,17,18). The van der Waals surface area contributed by atoms with Gasteiger partial charge in [0.05, 0.1) is 18.5 Å². The lowest BCUT2D eigenvalue weighted by Gasteiger charge is -2.20. The van der Waals surface area contributed by atoms with E-state index in [1.54, 1.807) is 12.3 Å². The van der Waals surface area contributed by atoms with Gasteiger partial charge < -0.3 is 9.47 Å². The van der Waals surface area contributed by atoms with E-state index in [0.29, 0.717) is 28.6 Å². The van der Waals surface area contributed by atoms with E-state index in [1.165, 1.54) is 12.8 Å². The molecular weight excluding hydrogens is 324 g/mol. The molecule has 1 fully saturated rings.